The Kier molecular flexibility index (Phi) is 2.97. The molecule has 0 bridgehead atoms. The van der Waals surface area contributed by atoms with Gasteiger partial charge in [-0.05, 0) is 25.0 Å². The Hall–Kier alpha value is -1.56. The molecule has 1 aliphatic heterocycles. The van der Waals surface area contributed by atoms with Crippen molar-refractivity contribution in [1.29, 1.82) is 0 Å². The maximum absolute atomic E-state index is 12.1. The van der Waals surface area contributed by atoms with Crippen LogP contribution < -0.4 is 4.74 Å². The summed E-state index contributed by atoms with van der Waals surface area (Å²) < 4.78 is 31.2. The molecule has 2 aromatic rings. The van der Waals surface area contributed by atoms with Crippen LogP contribution in [-0.2, 0) is 9.84 Å². The molecular formula is C13H16N2O3S. The number of hydrogen-bond acceptors (Lipinski definition) is 4. The summed E-state index contributed by atoms with van der Waals surface area (Å²) in [4.78, 5) is 4.44. The van der Waals surface area contributed by atoms with Gasteiger partial charge >= 0.3 is 0 Å². The van der Waals surface area contributed by atoms with Crippen LogP contribution >= 0.6 is 0 Å². The molecule has 1 aliphatic rings. The molecule has 0 N–H and O–H groups in total. The second-order valence-electron chi connectivity index (χ2n) is 4.85. The summed E-state index contributed by atoms with van der Waals surface area (Å²) in [7, 11) is -1.45. The van der Waals surface area contributed by atoms with Crippen molar-refractivity contribution in [2.24, 2.45) is 0 Å². The number of fused-ring (bicyclic) bond motifs is 1. The molecule has 1 saturated heterocycles. The summed E-state index contributed by atoms with van der Waals surface area (Å²) in [5, 5.41) is -0.452. The van der Waals surface area contributed by atoms with Crippen molar-refractivity contribution in [3.8, 4) is 5.75 Å². The molecule has 102 valence electrons. The lowest BCUT2D eigenvalue weighted by molar-refractivity contribution is 0.412. The Balaban J connectivity index is 2.05. The summed E-state index contributed by atoms with van der Waals surface area (Å²) in [5.74, 6) is 0.998. The highest BCUT2D eigenvalue weighted by Gasteiger charge is 2.32. The summed E-state index contributed by atoms with van der Waals surface area (Å²) in [6.07, 6.45) is 5.98. The molecule has 2 aromatic heterocycles. The van der Waals surface area contributed by atoms with Gasteiger partial charge in [0.2, 0.25) is 0 Å². The molecule has 0 saturated carbocycles. The third-order valence-corrected chi connectivity index (χ3v) is 5.79. The second kappa shape index (κ2) is 4.52. The maximum atomic E-state index is 12.1. The number of aromatic nitrogens is 2. The van der Waals surface area contributed by atoms with Gasteiger partial charge in [0.25, 0.3) is 0 Å². The van der Waals surface area contributed by atoms with Gasteiger partial charge in [0.05, 0.1) is 24.8 Å². The molecule has 5 nitrogen and oxygen atoms in total. The zero-order valence-electron chi connectivity index (χ0n) is 10.7. The van der Waals surface area contributed by atoms with Gasteiger partial charge in [0, 0.05) is 6.20 Å². The Bertz CT molecular complexity index is 706. The first-order chi connectivity index (χ1) is 9.10. The molecule has 3 heterocycles. The van der Waals surface area contributed by atoms with E-state index in [2.05, 4.69) is 4.98 Å². The first-order valence-corrected chi connectivity index (χ1v) is 8.06. The van der Waals surface area contributed by atoms with Crippen LogP contribution in [-0.4, -0.2) is 30.7 Å². The van der Waals surface area contributed by atoms with E-state index in [1.54, 1.807) is 19.5 Å². The fraction of sp³-hybridized carbons (Fsp3) is 0.462. The smallest absolute Gasteiger partial charge is 0.158 e. The quantitative estimate of drug-likeness (QED) is 0.844. The minimum atomic E-state index is -3.05. The van der Waals surface area contributed by atoms with Gasteiger partial charge in [-0.25, -0.2) is 13.4 Å². The zero-order chi connectivity index (χ0) is 13.5. The van der Waals surface area contributed by atoms with E-state index in [1.165, 1.54) is 0 Å². The second-order valence-corrected chi connectivity index (χ2v) is 7.15. The number of pyridine rings is 1. The van der Waals surface area contributed by atoms with E-state index in [-0.39, 0.29) is 5.75 Å². The Morgan fingerprint density at radius 2 is 2.16 bits per heavy atom. The molecule has 0 aliphatic carbocycles. The zero-order valence-corrected chi connectivity index (χ0v) is 11.6. The molecule has 6 heteroatoms. The monoisotopic (exact) mass is 280 g/mol. The lowest BCUT2D eigenvalue weighted by Gasteiger charge is -2.20. The Morgan fingerprint density at radius 1 is 1.32 bits per heavy atom. The fourth-order valence-electron chi connectivity index (χ4n) is 2.55. The number of sulfone groups is 1. The van der Waals surface area contributed by atoms with Crippen LogP contribution in [0.15, 0.2) is 24.5 Å². The Morgan fingerprint density at radius 3 is 2.89 bits per heavy atom. The number of methoxy groups -OCH3 is 1. The summed E-state index contributed by atoms with van der Waals surface area (Å²) in [6, 6.07) is 3.65. The minimum absolute atomic E-state index is 0.273. The summed E-state index contributed by atoms with van der Waals surface area (Å²) in [6.45, 7) is 0. The molecule has 0 radical (unpaired) electrons. The van der Waals surface area contributed by atoms with E-state index < -0.39 is 15.1 Å². The van der Waals surface area contributed by atoms with Gasteiger partial charge in [-0.15, -0.1) is 0 Å². The molecule has 1 fully saturated rings. The first-order valence-electron chi connectivity index (χ1n) is 6.34. The van der Waals surface area contributed by atoms with Crippen molar-refractivity contribution in [3.63, 3.8) is 0 Å². The molecule has 0 aromatic carbocycles. The van der Waals surface area contributed by atoms with Crippen LogP contribution in [0.3, 0.4) is 0 Å². The van der Waals surface area contributed by atoms with E-state index in [1.807, 2.05) is 16.5 Å². The van der Waals surface area contributed by atoms with Gasteiger partial charge < -0.3 is 9.14 Å². The lowest BCUT2D eigenvalue weighted by Crippen LogP contribution is -2.21. The lowest BCUT2D eigenvalue weighted by atomic mass is 10.1. The molecule has 1 atom stereocenters. The van der Waals surface area contributed by atoms with Gasteiger partial charge in [-0.2, -0.15) is 0 Å². The maximum Gasteiger partial charge on any atom is 0.158 e. The van der Waals surface area contributed by atoms with Crippen LogP contribution in [0.4, 0.5) is 0 Å². The van der Waals surface area contributed by atoms with E-state index >= 15 is 0 Å². The van der Waals surface area contributed by atoms with Crippen LogP contribution in [0.5, 0.6) is 5.75 Å². The Labute approximate surface area is 112 Å². The molecular weight excluding hydrogens is 264 g/mol. The number of nitrogens with zero attached hydrogens (tertiary/aromatic N) is 2. The number of rotatable bonds is 2. The van der Waals surface area contributed by atoms with E-state index in [0.717, 1.165) is 24.2 Å². The molecule has 3 rings (SSSR count). The number of ether oxygens (including phenoxy) is 1. The van der Waals surface area contributed by atoms with E-state index in [0.29, 0.717) is 12.1 Å². The van der Waals surface area contributed by atoms with Crippen LogP contribution in [0.2, 0.25) is 0 Å². The third-order valence-electron chi connectivity index (χ3n) is 3.59. The largest absolute Gasteiger partial charge is 0.495 e. The van der Waals surface area contributed by atoms with Crippen molar-refractivity contribution < 1.29 is 13.2 Å². The van der Waals surface area contributed by atoms with E-state index in [4.69, 9.17) is 4.74 Å². The van der Waals surface area contributed by atoms with Gasteiger partial charge in [-0.3, -0.25) is 0 Å². The van der Waals surface area contributed by atoms with E-state index in [9.17, 15) is 8.42 Å². The highest BCUT2D eigenvalue weighted by Crippen LogP contribution is 2.33. The predicted molar refractivity (Wildman–Crippen MR) is 72.1 cm³/mol. The SMILES string of the molecule is COc1ccc2nc(C3CCCCS3(=O)=O)cn2c1. The predicted octanol–water partition coefficient (Wildman–Crippen LogP) is 1.98. The molecule has 0 spiro atoms. The summed E-state index contributed by atoms with van der Waals surface area (Å²) in [5.41, 5.74) is 1.39. The van der Waals surface area contributed by atoms with Crippen LogP contribution in [0.1, 0.15) is 30.2 Å². The average Bonchev–Trinajstić information content (AvgIpc) is 2.80. The topological polar surface area (TPSA) is 60.7 Å². The standard InChI is InChI=1S/C13H16N2O3S/c1-18-10-5-6-13-14-11(9-15(13)8-10)12-4-2-3-7-19(12,16)17/h5-6,8-9,12H,2-4,7H2,1H3. The van der Waals surface area contributed by atoms with Crippen LogP contribution in [0, 0.1) is 0 Å². The number of hydrogen-bond donors (Lipinski definition) is 0. The van der Waals surface area contributed by atoms with Crippen LogP contribution in [0.25, 0.3) is 5.65 Å². The first kappa shape index (κ1) is 12.5. The average molecular weight is 280 g/mol. The number of imidazole rings is 1. The third kappa shape index (κ3) is 2.20. The van der Waals surface area contributed by atoms with Crippen molar-refractivity contribution in [1.82, 2.24) is 9.38 Å². The highest BCUT2D eigenvalue weighted by molar-refractivity contribution is 7.91. The highest BCUT2D eigenvalue weighted by atomic mass is 32.2. The van der Waals surface area contributed by atoms with Crippen molar-refractivity contribution in [2.75, 3.05) is 12.9 Å². The van der Waals surface area contributed by atoms with Crippen molar-refractivity contribution >= 4 is 15.5 Å². The summed E-state index contributed by atoms with van der Waals surface area (Å²) >= 11 is 0. The van der Waals surface area contributed by atoms with Crippen molar-refractivity contribution in [3.05, 3.63) is 30.2 Å². The fourth-order valence-corrected chi connectivity index (χ4v) is 4.45. The molecule has 1 unspecified atom stereocenters. The van der Waals surface area contributed by atoms with Gasteiger partial charge in [0.1, 0.15) is 16.6 Å². The minimum Gasteiger partial charge on any atom is -0.495 e. The molecule has 19 heavy (non-hydrogen) atoms. The molecule has 0 amide bonds. The van der Waals surface area contributed by atoms with Crippen molar-refractivity contribution in [2.45, 2.75) is 24.5 Å². The van der Waals surface area contributed by atoms with Gasteiger partial charge in [0.15, 0.2) is 9.84 Å². The normalized spacial score (nSPS) is 22.5. The van der Waals surface area contributed by atoms with Gasteiger partial charge in [-0.1, -0.05) is 6.42 Å².